The number of carboxylic acids is 1. The van der Waals surface area contributed by atoms with Gasteiger partial charge in [-0.15, -0.1) is 0 Å². The molecule has 6 nitrogen and oxygen atoms in total. The standard InChI is InChI=1S/C14H17FN2O4/c1-8(2)11-4-3-5-16(11)12-7-10(15)9(14(18)19)6-13(12)17(20)21/h6-8,11H,3-5H2,1-2H3,(H,18,19). The molecule has 1 N–H and O–H groups in total. The average Bonchev–Trinajstić information content (AvgIpc) is 2.86. The zero-order valence-electron chi connectivity index (χ0n) is 11.9. The predicted molar refractivity (Wildman–Crippen MR) is 75.2 cm³/mol. The van der Waals surface area contributed by atoms with Crippen molar-refractivity contribution in [1.82, 2.24) is 0 Å². The first kappa shape index (κ1) is 15.2. The van der Waals surface area contributed by atoms with Crippen LogP contribution in [0.15, 0.2) is 12.1 Å². The summed E-state index contributed by atoms with van der Waals surface area (Å²) in [6.45, 7) is 4.63. The molecule has 1 atom stereocenters. The Bertz CT molecular complexity index is 589. The number of carbonyl (C=O) groups is 1. The van der Waals surface area contributed by atoms with Crippen molar-refractivity contribution in [3.8, 4) is 0 Å². The number of hydrogen-bond acceptors (Lipinski definition) is 4. The van der Waals surface area contributed by atoms with E-state index in [2.05, 4.69) is 0 Å². The summed E-state index contributed by atoms with van der Waals surface area (Å²) in [4.78, 5) is 23.3. The van der Waals surface area contributed by atoms with E-state index in [4.69, 9.17) is 5.11 Å². The van der Waals surface area contributed by atoms with Crippen LogP contribution in [0.1, 0.15) is 37.0 Å². The molecule has 0 saturated carbocycles. The lowest BCUT2D eigenvalue weighted by Gasteiger charge is -2.29. The topological polar surface area (TPSA) is 83.7 Å². The maximum absolute atomic E-state index is 13.9. The van der Waals surface area contributed by atoms with E-state index in [-0.39, 0.29) is 23.3 Å². The Morgan fingerprint density at radius 3 is 2.71 bits per heavy atom. The Labute approximate surface area is 121 Å². The van der Waals surface area contributed by atoms with Gasteiger partial charge in [0.25, 0.3) is 5.69 Å². The van der Waals surface area contributed by atoms with Crippen LogP contribution in [0, 0.1) is 21.8 Å². The molecule has 21 heavy (non-hydrogen) atoms. The third-order valence-electron chi connectivity index (χ3n) is 3.87. The highest BCUT2D eigenvalue weighted by Crippen LogP contribution is 2.37. The number of benzene rings is 1. The summed E-state index contributed by atoms with van der Waals surface area (Å²) in [7, 11) is 0. The molecule has 1 aromatic carbocycles. The van der Waals surface area contributed by atoms with Gasteiger partial charge in [0.05, 0.1) is 4.92 Å². The summed E-state index contributed by atoms with van der Waals surface area (Å²) in [5, 5.41) is 20.1. The second kappa shape index (κ2) is 5.67. The van der Waals surface area contributed by atoms with Crippen LogP contribution in [0.5, 0.6) is 0 Å². The van der Waals surface area contributed by atoms with Crippen molar-refractivity contribution in [1.29, 1.82) is 0 Å². The highest BCUT2D eigenvalue weighted by molar-refractivity contribution is 5.90. The smallest absolute Gasteiger partial charge is 0.338 e. The quantitative estimate of drug-likeness (QED) is 0.682. The minimum absolute atomic E-state index is 0.0961. The molecule has 1 aromatic rings. The molecule has 0 aromatic heterocycles. The molecule has 0 bridgehead atoms. The van der Waals surface area contributed by atoms with Gasteiger partial charge in [-0.25, -0.2) is 9.18 Å². The fourth-order valence-electron chi connectivity index (χ4n) is 2.88. The van der Waals surface area contributed by atoms with Gasteiger partial charge in [-0.2, -0.15) is 0 Å². The molecule has 2 rings (SSSR count). The number of nitro benzene ring substituents is 1. The maximum Gasteiger partial charge on any atom is 0.338 e. The monoisotopic (exact) mass is 296 g/mol. The average molecular weight is 296 g/mol. The van der Waals surface area contributed by atoms with Crippen molar-refractivity contribution >= 4 is 17.3 Å². The molecule has 114 valence electrons. The molecule has 0 amide bonds. The van der Waals surface area contributed by atoms with E-state index in [0.717, 1.165) is 25.0 Å². The number of nitro groups is 1. The number of halogens is 1. The molecule has 1 heterocycles. The van der Waals surface area contributed by atoms with Crippen LogP contribution >= 0.6 is 0 Å². The molecule has 1 saturated heterocycles. The van der Waals surface area contributed by atoms with E-state index in [0.29, 0.717) is 6.54 Å². The number of rotatable bonds is 4. The molecular formula is C14H17FN2O4. The van der Waals surface area contributed by atoms with E-state index in [1.165, 1.54) is 0 Å². The van der Waals surface area contributed by atoms with Crippen molar-refractivity contribution in [2.24, 2.45) is 5.92 Å². The third kappa shape index (κ3) is 2.81. The van der Waals surface area contributed by atoms with E-state index < -0.39 is 22.3 Å². The van der Waals surface area contributed by atoms with Crippen molar-refractivity contribution in [3.63, 3.8) is 0 Å². The zero-order chi connectivity index (χ0) is 15.7. The Morgan fingerprint density at radius 1 is 1.52 bits per heavy atom. The first-order valence-electron chi connectivity index (χ1n) is 6.80. The Balaban J connectivity index is 2.55. The lowest BCUT2D eigenvalue weighted by Crippen LogP contribution is -2.34. The number of aromatic carboxylic acids is 1. The van der Waals surface area contributed by atoms with Crippen molar-refractivity contribution in [2.45, 2.75) is 32.7 Å². The van der Waals surface area contributed by atoms with Crippen molar-refractivity contribution < 1.29 is 19.2 Å². The van der Waals surface area contributed by atoms with Gasteiger partial charge in [0.2, 0.25) is 0 Å². The number of hydrogen-bond donors (Lipinski definition) is 1. The fourth-order valence-corrected chi connectivity index (χ4v) is 2.88. The second-order valence-electron chi connectivity index (χ2n) is 5.53. The van der Waals surface area contributed by atoms with Gasteiger partial charge >= 0.3 is 5.97 Å². The largest absolute Gasteiger partial charge is 0.478 e. The fraction of sp³-hybridized carbons (Fsp3) is 0.500. The lowest BCUT2D eigenvalue weighted by molar-refractivity contribution is -0.384. The number of nitrogens with zero attached hydrogens (tertiary/aromatic N) is 2. The van der Waals surface area contributed by atoms with Crippen LogP contribution < -0.4 is 4.90 Å². The summed E-state index contributed by atoms with van der Waals surface area (Å²) in [5.74, 6) is -2.18. The summed E-state index contributed by atoms with van der Waals surface area (Å²) < 4.78 is 13.9. The first-order chi connectivity index (χ1) is 9.82. The molecule has 0 radical (unpaired) electrons. The zero-order valence-corrected chi connectivity index (χ0v) is 11.9. The molecule has 0 aliphatic carbocycles. The molecular weight excluding hydrogens is 279 g/mol. The molecule has 1 fully saturated rings. The summed E-state index contributed by atoms with van der Waals surface area (Å²) >= 11 is 0. The number of anilines is 1. The molecule has 1 aliphatic rings. The minimum Gasteiger partial charge on any atom is -0.478 e. The Kier molecular flexibility index (Phi) is 4.11. The highest BCUT2D eigenvalue weighted by atomic mass is 19.1. The van der Waals surface area contributed by atoms with Crippen LogP contribution in [-0.2, 0) is 0 Å². The van der Waals surface area contributed by atoms with Crippen LogP contribution in [-0.4, -0.2) is 28.6 Å². The normalized spacial score (nSPS) is 18.3. The summed E-state index contributed by atoms with van der Waals surface area (Å²) in [5.41, 5.74) is -0.870. The van der Waals surface area contributed by atoms with E-state index in [1.54, 1.807) is 0 Å². The van der Waals surface area contributed by atoms with E-state index in [1.807, 2.05) is 18.7 Å². The Hall–Kier alpha value is -2.18. The third-order valence-corrected chi connectivity index (χ3v) is 3.87. The molecule has 1 aliphatic heterocycles. The minimum atomic E-state index is -1.51. The second-order valence-corrected chi connectivity index (χ2v) is 5.53. The predicted octanol–water partition coefficient (Wildman–Crippen LogP) is 3.06. The SMILES string of the molecule is CC(C)C1CCCN1c1cc(F)c(C(=O)O)cc1[N+](=O)[O-]. The van der Waals surface area contributed by atoms with Gasteiger partial charge in [0.15, 0.2) is 0 Å². The lowest BCUT2D eigenvalue weighted by atomic mass is 10.0. The van der Waals surface area contributed by atoms with Gasteiger partial charge in [-0.3, -0.25) is 10.1 Å². The summed E-state index contributed by atoms with van der Waals surface area (Å²) in [6.07, 6.45) is 1.76. The Morgan fingerprint density at radius 2 is 2.19 bits per heavy atom. The number of carboxylic acid groups (broad SMARTS) is 1. The molecule has 0 spiro atoms. The maximum atomic E-state index is 13.9. The van der Waals surface area contributed by atoms with Gasteiger partial charge in [-0.1, -0.05) is 13.8 Å². The van der Waals surface area contributed by atoms with Gasteiger partial charge in [0, 0.05) is 24.7 Å². The van der Waals surface area contributed by atoms with E-state index in [9.17, 15) is 19.3 Å². The van der Waals surface area contributed by atoms with E-state index >= 15 is 0 Å². The van der Waals surface area contributed by atoms with Crippen molar-refractivity contribution in [3.05, 3.63) is 33.6 Å². The van der Waals surface area contributed by atoms with Crippen LogP contribution in [0.25, 0.3) is 0 Å². The summed E-state index contributed by atoms with van der Waals surface area (Å²) in [6, 6.07) is 1.88. The first-order valence-corrected chi connectivity index (χ1v) is 6.80. The van der Waals surface area contributed by atoms with Crippen LogP contribution in [0.3, 0.4) is 0 Å². The van der Waals surface area contributed by atoms with Crippen molar-refractivity contribution in [2.75, 3.05) is 11.4 Å². The van der Waals surface area contributed by atoms with Gasteiger partial charge < -0.3 is 10.0 Å². The highest BCUT2D eigenvalue weighted by Gasteiger charge is 2.33. The van der Waals surface area contributed by atoms with Gasteiger partial charge in [-0.05, 0) is 18.8 Å². The van der Waals surface area contributed by atoms with Crippen LogP contribution in [0.4, 0.5) is 15.8 Å². The molecule has 7 heteroatoms. The van der Waals surface area contributed by atoms with Gasteiger partial charge in [0.1, 0.15) is 17.1 Å². The van der Waals surface area contributed by atoms with Crippen LogP contribution in [0.2, 0.25) is 0 Å². The molecule has 1 unspecified atom stereocenters.